The number of anilines is 1. The first-order valence-electron chi connectivity index (χ1n) is 6.04. The Balaban J connectivity index is 1.94. The Bertz CT molecular complexity index is 415. The van der Waals surface area contributed by atoms with Crippen LogP contribution in [0, 0.1) is 0 Å². The lowest BCUT2D eigenvalue weighted by atomic mass is 10.0. The van der Waals surface area contributed by atoms with E-state index >= 15 is 0 Å². The third kappa shape index (κ3) is 2.98. The largest absolute Gasteiger partial charge is 0.343 e. The fraction of sp³-hybridized carbons (Fsp3) is 0.583. The topological polar surface area (TPSA) is 49.3 Å². The number of hydrogen-bond acceptors (Lipinski definition) is 4. The minimum Gasteiger partial charge on any atom is -0.343 e. The van der Waals surface area contributed by atoms with Gasteiger partial charge in [0.2, 0.25) is 11.9 Å². The van der Waals surface area contributed by atoms with E-state index in [1.807, 2.05) is 11.9 Å². The van der Waals surface area contributed by atoms with Crippen molar-refractivity contribution < 1.29 is 4.79 Å². The standard InChI is InChI=1S/C12H17BrN4O/c1-9(18)16(2)11-3-5-17(6-4-11)12-14-7-10(13)8-15-12/h7-8,11H,3-6H2,1-2H3. The Morgan fingerprint density at radius 3 is 2.44 bits per heavy atom. The smallest absolute Gasteiger partial charge is 0.225 e. The van der Waals surface area contributed by atoms with Gasteiger partial charge in [0.25, 0.3) is 0 Å². The van der Waals surface area contributed by atoms with Gasteiger partial charge in [-0.1, -0.05) is 0 Å². The molecular formula is C12H17BrN4O. The van der Waals surface area contributed by atoms with Crippen LogP contribution < -0.4 is 4.90 Å². The van der Waals surface area contributed by atoms with Gasteiger partial charge in [-0.3, -0.25) is 4.79 Å². The molecule has 2 rings (SSSR count). The minimum atomic E-state index is 0.133. The van der Waals surface area contributed by atoms with Crippen molar-refractivity contribution in [2.75, 3.05) is 25.0 Å². The molecule has 0 aliphatic carbocycles. The number of aromatic nitrogens is 2. The van der Waals surface area contributed by atoms with E-state index in [-0.39, 0.29) is 5.91 Å². The van der Waals surface area contributed by atoms with Gasteiger partial charge >= 0.3 is 0 Å². The van der Waals surface area contributed by atoms with Gasteiger partial charge in [0, 0.05) is 45.5 Å². The van der Waals surface area contributed by atoms with Crippen LogP contribution in [0.25, 0.3) is 0 Å². The highest BCUT2D eigenvalue weighted by molar-refractivity contribution is 9.10. The molecule has 0 radical (unpaired) electrons. The Labute approximate surface area is 115 Å². The van der Waals surface area contributed by atoms with E-state index in [9.17, 15) is 4.79 Å². The molecule has 5 nitrogen and oxygen atoms in total. The summed E-state index contributed by atoms with van der Waals surface area (Å²) in [6.45, 7) is 3.40. The second kappa shape index (κ2) is 5.65. The van der Waals surface area contributed by atoms with Crippen LogP contribution in [-0.4, -0.2) is 47.0 Å². The van der Waals surface area contributed by atoms with E-state index in [2.05, 4.69) is 30.8 Å². The molecule has 6 heteroatoms. The van der Waals surface area contributed by atoms with Crippen LogP contribution in [0.4, 0.5) is 5.95 Å². The van der Waals surface area contributed by atoms with Crippen molar-refractivity contribution in [2.45, 2.75) is 25.8 Å². The predicted octanol–water partition coefficient (Wildman–Crippen LogP) is 1.69. The molecule has 0 aromatic carbocycles. The van der Waals surface area contributed by atoms with E-state index in [0.29, 0.717) is 6.04 Å². The zero-order chi connectivity index (χ0) is 13.1. The van der Waals surface area contributed by atoms with Crippen molar-refractivity contribution >= 4 is 27.8 Å². The van der Waals surface area contributed by atoms with Crippen molar-refractivity contribution in [1.29, 1.82) is 0 Å². The summed E-state index contributed by atoms with van der Waals surface area (Å²) in [5, 5.41) is 0. The second-order valence-corrected chi connectivity index (χ2v) is 5.47. The third-order valence-electron chi connectivity index (χ3n) is 3.40. The number of rotatable bonds is 2. The number of nitrogens with zero attached hydrogens (tertiary/aromatic N) is 4. The molecule has 1 aromatic heterocycles. The van der Waals surface area contributed by atoms with Crippen molar-refractivity contribution in [3.05, 3.63) is 16.9 Å². The molecule has 0 atom stereocenters. The van der Waals surface area contributed by atoms with E-state index in [4.69, 9.17) is 0 Å². The van der Waals surface area contributed by atoms with Gasteiger partial charge in [-0.25, -0.2) is 9.97 Å². The van der Waals surface area contributed by atoms with Crippen molar-refractivity contribution in [1.82, 2.24) is 14.9 Å². The monoisotopic (exact) mass is 312 g/mol. The van der Waals surface area contributed by atoms with Crippen LogP contribution in [0.5, 0.6) is 0 Å². The minimum absolute atomic E-state index is 0.133. The van der Waals surface area contributed by atoms with Crippen molar-refractivity contribution in [3.8, 4) is 0 Å². The molecule has 98 valence electrons. The molecule has 18 heavy (non-hydrogen) atoms. The lowest BCUT2D eigenvalue weighted by Gasteiger charge is -2.36. The van der Waals surface area contributed by atoms with Crippen LogP contribution in [0.1, 0.15) is 19.8 Å². The Hall–Kier alpha value is -1.17. The SMILES string of the molecule is CC(=O)N(C)C1CCN(c2ncc(Br)cn2)CC1. The van der Waals surface area contributed by atoms with Gasteiger partial charge in [-0.15, -0.1) is 0 Å². The van der Waals surface area contributed by atoms with Gasteiger partial charge in [-0.05, 0) is 28.8 Å². The first-order chi connectivity index (χ1) is 8.58. The van der Waals surface area contributed by atoms with E-state index < -0.39 is 0 Å². The highest BCUT2D eigenvalue weighted by atomic mass is 79.9. The van der Waals surface area contributed by atoms with Gasteiger partial charge in [0.15, 0.2) is 0 Å². The van der Waals surface area contributed by atoms with E-state index in [0.717, 1.165) is 36.4 Å². The summed E-state index contributed by atoms with van der Waals surface area (Å²) in [6, 6.07) is 0.342. The van der Waals surface area contributed by atoms with Gasteiger partial charge in [0.05, 0.1) is 4.47 Å². The molecule has 0 bridgehead atoms. The summed E-state index contributed by atoms with van der Waals surface area (Å²) >= 11 is 3.33. The summed E-state index contributed by atoms with van der Waals surface area (Å²) in [5.74, 6) is 0.899. The molecule has 0 spiro atoms. The lowest BCUT2D eigenvalue weighted by molar-refractivity contribution is -0.129. The maximum atomic E-state index is 11.3. The van der Waals surface area contributed by atoms with Crippen LogP contribution in [0.3, 0.4) is 0 Å². The van der Waals surface area contributed by atoms with Gasteiger partial charge in [-0.2, -0.15) is 0 Å². The number of carbonyl (C=O) groups is 1. The number of piperidine rings is 1. The molecule has 1 aromatic rings. The Morgan fingerprint density at radius 2 is 1.94 bits per heavy atom. The van der Waals surface area contributed by atoms with Gasteiger partial charge in [0.1, 0.15) is 0 Å². The van der Waals surface area contributed by atoms with Crippen LogP contribution in [-0.2, 0) is 4.79 Å². The molecule has 1 aliphatic rings. The zero-order valence-corrected chi connectivity index (χ0v) is 12.2. The highest BCUT2D eigenvalue weighted by Gasteiger charge is 2.24. The van der Waals surface area contributed by atoms with Gasteiger partial charge < -0.3 is 9.80 Å². The highest BCUT2D eigenvalue weighted by Crippen LogP contribution is 2.19. The Kier molecular flexibility index (Phi) is 4.16. The molecule has 1 amide bonds. The average molecular weight is 313 g/mol. The maximum Gasteiger partial charge on any atom is 0.225 e. The number of amides is 1. The number of carbonyl (C=O) groups excluding carboxylic acids is 1. The molecule has 1 saturated heterocycles. The Morgan fingerprint density at radius 1 is 1.39 bits per heavy atom. The molecule has 1 aliphatic heterocycles. The van der Waals surface area contributed by atoms with E-state index in [1.165, 1.54) is 0 Å². The lowest BCUT2D eigenvalue weighted by Crippen LogP contribution is -2.45. The summed E-state index contributed by atoms with van der Waals surface area (Å²) in [7, 11) is 1.87. The summed E-state index contributed by atoms with van der Waals surface area (Å²) in [6.07, 6.45) is 5.46. The average Bonchev–Trinajstić information content (AvgIpc) is 2.39. The fourth-order valence-corrected chi connectivity index (χ4v) is 2.38. The summed E-state index contributed by atoms with van der Waals surface area (Å²) < 4.78 is 0.887. The normalized spacial score (nSPS) is 16.7. The third-order valence-corrected chi connectivity index (χ3v) is 3.81. The number of halogens is 1. The van der Waals surface area contributed by atoms with E-state index in [1.54, 1.807) is 19.3 Å². The first kappa shape index (κ1) is 13.3. The molecule has 0 N–H and O–H groups in total. The molecule has 0 saturated carbocycles. The molecule has 2 heterocycles. The first-order valence-corrected chi connectivity index (χ1v) is 6.83. The molecule has 1 fully saturated rings. The molecular weight excluding hydrogens is 296 g/mol. The second-order valence-electron chi connectivity index (χ2n) is 4.55. The zero-order valence-electron chi connectivity index (χ0n) is 10.6. The predicted molar refractivity (Wildman–Crippen MR) is 73.4 cm³/mol. The molecule has 0 unspecified atom stereocenters. The fourth-order valence-electron chi connectivity index (χ4n) is 2.18. The van der Waals surface area contributed by atoms with Crippen LogP contribution >= 0.6 is 15.9 Å². The summed E-state index contributed by atoms with van der Waals surface area (Å²) in [5.41, 5.74) is 0. The maximum absolute atomic E-state index is 11.3. The van der Waals surface area contributed by atoms with Crippen LogP contribution in [0.15, 0.2) is 16.9 Å². The van der Waals surface area contributed by atoms with Crippen molar-refractivity contribution in [3.63, 3.8) is 0 Å². The van der Waals surface area contributed by atoms with Crippen molar-refractivity contribution in [2.24, 2.45) is 0 Å². The quantitative estimate of drug-likeness (QED) is 0.834. The van der Waals surface area contributed by atoms with Crippen LogP contribution in [0.2, 0.25) is 0 Å². The number of hydrogen-bond donors (Lipinski definition) is 0. The summed E-state index contributed by atoms with van der Waals surface area (Å²) in [4.78, 5) is 23.9.